The van der Waals surface area contributed by atoms with Crippen LogP contribution >= 0.6 is 0 Å². The second kappa shape index (κ2) is 13.1. The van der Waals surface area contributed by atoms with Crippen LogP contribution in [0.15, 0.2) is 11.8 Å². The standard InChI is InChI=1S/C20H35N5O9/c1-5-8(2)14(21)19(31)33-10(4)32-18(30)13-6-11(25-20(22)23)15(24-9(3)27)17(34-13)16(29)12(28)7-26/h6,8,10-12,14-17,26,28-29H,5,7,21H2,1-4H3,(H,24,27)(H4,22,23,25)/t8?,10?,11-,12+,14+,15+,16+,17+/m0/s1. The molecule has 194 valence electrons. The van der Waals surface area contributed by atoms with Gasteiger partial charge in [-0.2, -0.15) is 0 Å². The fourth-order valence-electron chi connectivity index (χ4n) is 3.13. The number of hydrogen-bond acceptors (Lipinski definition) is 11. The van der Waals surface area contributed by atoms with Gasteiger partial charge in [-0.05, 0) is 12.0 Å². The third-order valence-corrected chi connectivity index (χ3v) is 5.23. The summed E-state index contributed by atoms with van der Waals surface area (Å²) < 4.78 is 15.6. The molecule has 0 saturated heterocycles. The fraction of sp³-hybridized carbons (Fsp3) is 0.700. The van der Waals surface area contributed by atoms with Crippen molar-refractivity contribution >= 4 is 23.8 Å². The molecule has 1 heterocycles. The Kier molecular flexibility index (Phi) is 11.2. The number of nitrogens with two attached hydrogens (primary N) is 2. The van der Waals surface area contributed by atoms with Crippen molar-refractivity contribution in [3.05, 3.63) is 11.8 Å². The Hall–Kier alpha value is -2.94. The highest BCUT2D eigenvalue weighted by atomic mass is 16.7. The molecule has 0 aromatic rings. The molecule has 14 nitrogen and oxygen atoms in total. The summed E-state index contributed by atoms with van der Waals surface area (Å²) in [5.74, 6) is -3.59. The van der Waals surface area contributed by atoms with Gasteiger partial charge in [0.1, 0.15) is 24.4 Å². The third kappa shape index (κ3) is 8.13. The molecule has 0 saturated carbocycles. The first-order valence-electron chi connectivity index (χ1n) is 10.7. The number of ether oxygens (including phenoxy) is 3. The molecule has 0 aliphatic carbocycles. The zero-order chi connectivity index (χ0) is 26.2. The van der Waals surface area contributed by atoms with Gasteiger partial charge < -0.3 is 51.6 Å². The summed E-state index contributed by atoms with van der Waals surface area (Å²) in [4.78, 5) is 36.5. The molecule has 1 aliphatic heterocycles. The van der Waals surface area contributed by atoms with E-state index in [2.05, 4.69) is 10.6 Å². The molecule has 34 heavy (non-hydrogen) atoms. The topological polar surface area (TPSA) is 240 Å². The zero-order valence-electron chi connectivity index (χ0n) is 19.6. The van der Waals surface area contributed by atoms with Crippen molar-refractivity contribution < 1.29 is 43.9 Å². The Balaban J connectivity index is 3.12. The van der Waals surface area contributed by atoms with Gasteiger partial charge >= 0.3 is 11.9 Å². The molecule has 0 bridgehead atoms. The normalized spacial score (nSPS) is 24.2. The average molecular weight is 490 g/mol. The van der Waals surface area contributed by atoms with Crippen molar-refractivity contribution in [2.24, 2.45) is 17.4 Å². The SMILES string of the molecule is CCC(C)[C@@H](N)C(=O)OC(C)OC(=O)C1=C[C@H](NC(=N)N)[C@@H](NC(C)=O)[C@H]([C@H](O)[C@H](O)CO)O1. The Morgan fingerprint density at radius 2 is 1.85 bits per heavy atom. The summed E-state index contributed by atoms with van der Waals surface area (Å²) in [5.41, 5.74) is 11.2. The van der Waals surface area contributed by atoms with Crippen molar-refractivity contribution in [1.82, 2.24) is 10.6 Å². The Morgan fingerprint density at radius 1 is 1.24 bits per heavy atom. The summed E-state index contributed by atoms with van der Waals surface area (Å²) in [6, 6.07) is -3.09. The highest BCUT2D eigenvalue weighted by molar-refractivity contribution is 5.87. The van der Waals surface area contributed by atoms with E-state index < -0.39 is 78.9 Å². The molecule has 8 atom stereocenters. The van der Waals surface area contributed by atoms with Crippen molar-refractivity contribution in [3.8, 4) is 0 Å². The van der Waals surface area contributed by atoms with Crippen LogP contribution in [0.4, 0.5) is 0 Å². The number of amides is 1. The molecular formula is C20H35N5O9. The number of rotatable bonds is 11. The molecule has 0 radical (unpaired) electrons. The average Bonchev–Trinajstić information content (AvgIpc) is 2.76. The molecule has 1 amide bonds. The number of esters is 2. The predicted octanol–water partition coefficient (Wildman–Crippen LogP) is -2.85. The van der Waals surface area contributed by atoms with E-state index in [1.165, 1.54) is 13.8 Å². The highest BCUT2D eigenvalue weighted by Crippen LogP contribution is 2.24. The van der Waals surface area contributed by atoms with Crippen LogP contribution in [-0.2, 0) is 28.6 Å². The summed E-state index contributed by atoms with van der Waals surface area (Å²) in [6.45, 7) is 5.25. The maximum Gasteiger partial charge on any atom is 0.376 e. The van der Waals surface area contributed by atoms with Gasteiger partial charge in [0.15, 0.2) is 5.96 Å². The van der Waals surface area contributed by atoms with Crippen LogP contribution in [0, 0.1) is 11.3 Å². The van der Waals surface area contributed by atoms with Crippen LogP contribution in [0.1, 0.15) is 34.1 Å². The van der Waals surface area contributed by atoms with Crippen LogP contribution in [0.3, 0.4) is 0 Å². The highest BCUT2D eigenvalue weighted by Gasteiger charge is 2.44. The van der Waals surface area contributed by atoms with Gasteiger partial charge in [0.25, 0.3) is 0 Å². The Labute approximate surface area is 197 Å². The number of hydrogen-bond donors (Lipinski definition) is 8. The fourth-order valence-corrected chi connectivity index (χ4v) is 3.13. The van der Waals surface area contributed by atoms with Gasteiger partial charge in [0, 0.05) is 13.8 Å². The molecule has 0 aromatic heterocycles. The summed E-state index contributed by atoms with van der Waals surface area (Å²) in [5, 5.41) is 42.1. The van der Waals surface area contributed by atoms with Crippen LogP contribution < -0.4 is 22.1 Å². The molecule has 0 fully saturated rings. The maximum absolute atomic E-state index is 12.7. The van der Waals surface area contributed by atoms with E-state index in [9.17, 15) is 29.7 Å². The molecule has 10 N–H and O–H groups in total. The minimum Gasteiger partial charge on any atom is -0.478 e. The molecule has 14 heteroatoms. The maximum atomic E-state index is 12.7. The van der Waals surface area contributed by atoms with Gasteiger partial charge in [0.2, 0.25) is 18.0 Å². The Bertz CT molecular complexity index is 778. The van der Waals surface area contributed by atoms with Gasteiger partial charge in [-0.1, -0.05) is 20.3 Å². The first-order valence-corrected chi connectivity index (χ1v) is 10.7. The van der Waals surface area contributed by atoms with E-state index in [-0.39, 0.29) is 5.92 Å². The van der Waals surface area contributed by atoms with Crippen LogP contribution in [0.25, 0.3) is 0 Å². The summed E-state index contributed by atoms with van der Waals surface area (Å²) in [6.07, 6.45) is -4.48. The van der Waals surface area contributed by atoms with E-state index in [0.717, 1.165) is 6.08 Å². The lowest BCUT2D eigenvalue weighted by Crippen LogP contribution is -2.64. The largest absolute Gasteiger partial charge is 0.478 e. The second-order valence-electron chi connectivity index (χ2n) is 7.99. The van der Waals surface area contributed by atoms with Crippen molar-refractivity contribution in [2.75, 3.05) is 6.61 Å². The quantitative estimate of drug-likeness (QED) is 0.0633. The second-order valence-corrected chi connectivity index (χ2v) is 7.99. The van der Waals surface area contributed by atoms with Crippen molar-refractivity contribution in [3.63, 3.8) is 0 Å². The van der Waals surface area contributed by atoms with Gasteiger partial charge in [0.05, 0.1) is 18.7 Å². The molecule has 1 rings (SSSR count). The molecule has 0 spiro atoms. The van der Waals surface area contributed by atoms with Gasteiger partial charge in [-0.15, -0.1) is 0 Å². The first kappa shape index (κ1) is 29.1. The lowest BCUT2D eigenvalue weighted by Gasteiger charge is -2.40. The lowest BCUT2D eigenvalue weighted by atomic mass is 9.92. The smallest absolute Gasteiger partial charge is 0.376 e. The van der Waals surface area contributed by atoms with Crippen LogP contribution in [-0.4, -0.2) is 88.5 Å². The van der Waals surface area contributed by atoms with E-state index in [1.807, 2.05) is 6.92 Å². The summed E-state index contributed by atoms with van der Waals surface area (Å²) in [7, 11) is 0. The molecule has 0 aromatic carbocycles. The van der Waals surface area contributed by atoms with Crippen LogP contribution in [0.5, 0.6) is 0 Å². The molecule has 2 unspecified atom stereocenters. The zero-order valence-corrected chi connectivity index (χ0v) is 19.6. The monoisotopic (exact) mass is 489 g/mol. The number of aliphatic hydroxyl groups excluding tert-OH is 3. The van der Waals surface area contributed by atoms with Gasteiger partial charge in [-0.3, -0.25) is 15.0 Å². The number of guanidine groups is 1. The lowest BCUT2D eigenvalue weighted by molar-refractivity contribution is -0.188. The third-order valence-electron chi connectivity index (χ3n) is 5.23. The van der Waals surface area contributed by atoms with E-state index >= 15 is 0 Å². The van der Waals surface area contributed by atoms with Crippen molar-refractivity contribution in [2.45, 2.75) is 76.8 Å². The van der Waals surface area contributed by atoms with Crippen LogP contribution in [0.2, 0.25) is 0 Å². The number of aliphatic hydroxyl groups is 3. The number of nitrogens with one attached hydrogen (secondary N) is 3. The molecule has 1 aliphatic rings. The first-order chi connectivity index (χ1) is 15.8. The minimum absolute atomic E-state index is 0.163. The number of carbonyl (C=O) groups is 3. The number of carbonyl (C=O) groups excluding carboxylic acids is 3. The minimum atomic E-state index is -1.77. The van der Waals surface area contributed by atoms with Gasteiger partial charge in [-0.25, -0.2) is 4.79 Å². The molecular weight excluding hydrogens is 454 g/mol. The predicted molar refractivity (Wildman–Crippen MR) is 118 cm³/mol. The van der Waals surface area contributed by atoms with E-state index in [4.69, 9.17) is 31.1 Å². The van der Waals surface area contributed by atoms with Crippen molar-refractivity contribution in [1.29, 1.82) is 5.41 Å². The Morgan fingerprint density at radius 3 is 2.35 bits per heavy atom. The summed E-state index contributed by atoms with van der Waals surface area (Å²) >= 11 is 0. The van der Waals surface area contributed by atoms with E-state index in [0.29, 0.717) is 6.42 Å². The van der Waals surface area contributed by atoms with E-state index in [1.54, 1.807) is 6.92 Å².